The first-order valence-corrected chi connectivity index (χ1v) is 7.88. The highest BCUT2D eigenvalue weighted by Crippen LogP contribution is 2.15. The maximum absolute atomic E-state index is 12.0. The summed E-state index contributed by atoms with van der Waals surface area (Å²) in [6, 6.07) is 8.27. The van der Waals surface area contributed by atoms with E-state index >= 15 is 0 Å². The minimum Gasteiger partial charge on any atom is -0.396 e. The average molecular weight is 304 g/mol. The molecule has 1 amide bonds. The number of benzene rings is 1. The van der Waals surface area contributed by atoms with Gasteiger partial charge < -0.3 is 10.4 Å². The van der Waals surface area contributed by atoms with Crippen molar-refractivity contribution >= 4 is 17.2 Å². The first-order chi connectivity index (χ1) is 10.1. The Bertz CT molecular complexity index is 593. The summed E-state index contributed by atoms with van der Waals surface area (Å²) < 4.78 is 0. The molecule has 0 fully saturated rings. The Labute approximate surface area is 128 Å². The van der Waals surface area contributed by atoms with Crippen molar-refractivity contribution in [2.45, 2.75) is 32.7 Å². The maximum atomic E-state index is 12.0. The fourth-order valence-corrected chi connectivity index (χ4v) is 2.75. The van der Waals surface area contributed by atoms with Gasteiger partial charge in [-0.15, -0.1) is 11.3 Å². The van der Waals surface area contributed by atoms with Crippen molar-refractivity contribution in [2.75, 3.05) is 6.61 Å². The quantitative estimate of drug-likeness (QED) is 0.862. The van der Waals surface area contributed by atoms with Crippen LogP contribution in [0.15, 0.2) is 29.6 Å². The van der Waals surface area contributed by atoms with Gasteiger partial charge in [0.25, 0.3) is 5.91 Å². The Balaban J connectivity index is 1.97. The predicted molar refractivity (Wildman–Crippen MR) is 84.7 cm³/mol. The predicted octanol–water partition coefficient (Wildman–Crippen LogP) is 2.54. The smallest absolute Gasteiger partial charge is 0.270 e. The summed E-state index contributed by atoms with van der Waals surface area (Å²) in [4.78, 5) is 16.4. The van der Waals surface area contributed by atoms with Crippen LogP contribution in [0.25, 0.3) is 0 Å². The van der Waals surface area contributed by atoms with Gasteiger partial charge in [0.05, 0.1) is 5.01 Å². The Morgan fingerprint density at radius 2 is 2.10 bits per heavy atom. The van der Waals surface area contributed by atoms with E-state index in [1.165, 1.54) is 22.5 Å². The summed E-state index contributed by atoms with van der Waals surface area (Å²) in [5.41, 5.74) is 2.87. The summed E-state index contributed by atoms with van der Waals surface area (Å²) >= 11 is 1.50. The molecule has 0 saturated carbocycles. The number of aliphatic hydroxyl groups is 1. The molecule has 2 rings (SSSR count). The Morgan fingerprint density at radius 1 is 1.38 bits per heavy atom. The summed E-state index contributed by atoms with van der Waals surface area (Å²) in [5.74, 6) is -0.178. The number of aryl methyl sites for hydroxylation is 1. The van der Waals surface area contributed by atoms with Crippen LogP contribution in [0, 0.1) is 6.92 Å². The molecule has 5 heteroatoms. The van der Waals surface area contributed by atoms with E-state index in [-0.39, 0.29) is 18.6 Å². The number of carbonyl (C=O) groups is 1. The molecule has 0 radical (unpaired) electrons. The number of nitrogens with zero attached hydrogens (tertiary/aromatic N) is 1. The number of hydrogen-bond donors (Lipinski definition) is 2. The van der Waals surface area contributed by atoms with E-state index in [0.29, 0.717) is 12.1 Å². The van der Waals surface area contributed by atoms with Crippen LogP contribution in [0.3, 0.4) is 0 Å². The van der Waals surface area contributed by atoms with E-state index in [9.17, 15) is 4.79 Å². The topological polar surface area (TPSA) is 62.2 Å². The van der Waals surface area contributed by atoms with Gasteiger partial charge in [0.1, 0.15) is 5.69 Å². The zero-order chi connectivity index (χ0) is 15.2. The molecule has 21 heavy (non-hydrogen) atoms. The molecule has 2 N–H and O–H groups in total. The Kier molecular flexibility index (Phi) is 5.47. The van der Waals surface area contributed by atoms with Crippen molar-refractivity contribution in [3.05, 3.63) is 51.5 Å². The monoisotopic (exact) mass is 304 g/mol. The van der Waals surface area contributed by atoms with Crippen LogP contribution in [0.2, 0.25) is 0 Å². The third kappa shape index (κ3) is 4.65. The lowest BCUT2D eigenvalue weighted by Crippen LogP contribution is -2.33. The van der Waals surface area contributed by atoms with Crippen molar-refractivity contribution in [3.63, 3.8) is 0 Å². The van der Waals surface area contributed by atoms with Gasteiger partial charge in [-0.2, -0.15) is 0 Å². The van der Waals surface area contributed by atoms with Crippen molar-refractivity contribution < 1.29 is 9.90 Å². The number of thiazole rings is 1. The summed E-state index contributed by atoms with van der Waals surface area (Å²) in [5, 5.41) is 14.4. The lowest BCUT2D eigenvalue weighted by molar-refractivity contribution is 0.0930. The van der Waals surface area contributed by atoms with Crippen LogP contribution < -0.4 is 5.32 Å². The molecule has 1 atom stereocenters. The van der Waals surface area contributed by atoms with Gasteiger partial charge in [0.15, 0.2) is 0 Å². The fourth-order valence-electron chi connectivity index (χ4n) is 1.94. The molecule has 4 nitrogen and oxygen atoms in total. The molecule has 0 aliphatic heterocycles. The van der Waals surface area contributed by atoms with Crippen LogP contribution in [-0.2, 0) is 6.42 Å². The first-order valence-electron chi connectivity index (χ1n) is 7.00. The molecule has 1 heterocycles. The van der Waals surface area contributed by atoms with Gasteiger partial charge in [0, 0.05) is 24.4 Å². The molecular weight excluding hydrogens is 284 g/mol. The van der Waals surface area contributed by atoms with Gasteiger partial charge in [0.2, 0.25) is 0 Å². The lowest BCUT2D eigenvalue weighted by atomic mass is 10.1. The largest absolute Gasteiger partial charge is 0.396 e. The molecule has 0 bridgehead atoms. The van der Waals surface area contributed by atoms with Gasteiger partial charge in [-0.1, -0.05) is 29.8 Å². The van der Waals surface area contributed by atoms with E-state index in [4.69, 9.17) is 5.11 Å². The second kappa shape index (κ2) is 7.33. The number of amides is 1. The SMILES string of the molecule is Cc1ccc(Cc2nc(C(=O)NC(C)CCO)cs2)cc1. The molecule has 0 spiro atoms. The first kappa shape index (κ1) is 15.7. The number of rotatable bonds is 6. The lowest BCUT2D eigenvalue weighted by Gasteiger charge is -2.10. The molecule has 0 aliphatic carbocycles. The molecule has 1 aromatic heterocycles. The van der Waals surface area contributed by atoms with Gasteiger partial charge >= 0.3 is 0 Å². The van der Waals surface area contributed by atoms with Crippen LogP contribution in [0.5, 0.6) is 0 Å². The second-order valence-corrected chi connectivity index (χ2v) is 6.12. The Morgan fingerprint density at radius 3 is 2.76 bits per heavy atom. The van der Waals surface area contributed by atoms with E-state index in [0.717, 1.165) is 11.4 Å². The number of aromatic nitrogens is 1. The maximum Gasteiger partial charge on any atom is 0.270 e. The summed E-state index contributed by atoms with van der Waals surface area (Å²) in [7, 11) is 0. The van der Waals surface area contributed by atoms with Crippen LogP contribution in [0.4, 0.5) is 0 Å². The molecule has 2 aromatic rings. The van der Waals surface area contributed by atoms with Crippen molar-refractivity contribution in [3.8, 4) is 0 Å². The highest BCUT2D eigenvalue weighted by Gasteiger charge is 2.13. The minimum atomic E-state index is -0.178. The zero-order valence-electron chi connectivity index (χ0n) is 12.3. The number of nitrogens with one attached hydrogen (secondary N) is 1. The van der Waals surface area contributed by atoms with Crippen molar-refractivity contribution in [1.29, 1.82) is 0 Å². The highest BCUT2D eigenvalue weighted by molar-refractivity contribution is 7.09. The molecule has 1 unspecified atom stereocenters. The molecule has 0 saturated heterocycles. The summed E-state index contributed by atoms with van der Waals surface area (Å²) in [6.07, 6.45) is 1.29. The average Bonchev–Trinajstić information content (AvgIpc) is 2.90. The molecular formula is C16H20N2O2S. The number of carbonyl (C=O) groups excluding carboxylic acids is 1. The van der Waals surface area contributed by atoms with E-state index in [1.807, 2.05) is 6.92 Å². The Hall–Kier alpha value is -1.72. The van der Waals surface area contributed by atoms with E-state index in [1.54, 1.807) is 5.38 Å². The van der Waals surface area contributed by atoms with Crippen molar-refractivity contribution in [2.24, 2.45) is 0 Å². The van der Waals surface area contributed by atoms with E-state index < -0.39 is 0 Å². The fraction of sp³-hybridized carbons (Fsp3) is 0.375. The second-order valence-electron chi connectivity index (χ2n) is 5.18. The molecule has 0 aliphatic rings. The normalized spacial score (nSPS) is 12.1. The minimum absolute atomic E-state index is 0.0512. The third-order valence-electron chi connectivity index (χ3n) is 3.20. The van der Waals surface area contributed by atoms with Gasteiger partial charge in [-0.25, -0.2) is 4.98 Å². The standard InChI is InChI=1S/C16H20N2O2S/c1-11-3-5-13(6-4-11)9-15-18-14(10-21-15)16(20)17-12(2)7-8-19/h3-6,10,12,19H,7-9H2,1-2H3,(H,17,20). The van der Waals surface area contributed by atoms with Gasteiger partial charge in [-0.05, 0) is 25.8 Å². The van der Waals surface area contributed by atoms with Crippen LogP contribution >= 0.6 is 11.3 Å². The van der Waals surface area contributed by atoms with Gasteiger partial charge in [-0.3, -0.25) is 4.79 Å². The number of hydrogen-bond acceptors (Lipinski definition) is 4. The molecule has 1 aromatic carbocycles. The van der Waals surface area contributed by atoms with Crippen molar-refractivity contribution in [1.82, 2.24) is 10.3 Å². The number of aliphatic hydroxyl groups excluding tert-OH is 1. The summed E-state index contributed by atoms with van der Waals surface area (Å²) in [6.45, 7) is 3.99. The van der Waals surface area contributed by atoms with E-state index in [2.05, 4.69) is 41.5 Å². The molecule has 112 valence electrons. The van der Waals surface area contributed by atoms with Crippen LogP contribution in [0.1, 0.15) is 40.0 Å². The third-order valence-corrected chi connectivity index (χ3v) is 4.05. The highest BCUT2D eigenvalue weighted by atomic mass is 32.1. The zero-order valence-corrected chi connectivity index (χ0v) is 13.1. The van der Waals surface area contributed by atoms with Crippen LogP contribution in [-0.4, -0.2) is 28.6 Å².